The molecular formula is C11H8BrN3S. The summed E-state index contributed by atoms with van der Waals surface area (Å²) in [5.74, 6) is 0.294. The van der Waals surface area contributed by atoms with Gasteiger partial charge in [0.1, 0.15) is 17.5 Å². The second kappa shape index (κ2) is 4.24. The summed E-state index contributed by atoms with van der Waals surface area (Å²) in [5, 5.41) is 9.08. The molecule has 0 saturated heterocycles. The first-order chi connectivity index (χ1) is 7.61. The standard InChI is InChI=1S/C11H8BrN3S/c1-6-4-7(8(5-13)11(14)15-6)9-2-3-10(12)16-9/h2-4H,1H3,(H2,14,15). The monoisotopic (exact) mass is 293 g/mol. The zero-order chi connectivity index (χ0) is 11.7. The van der Waals surface area contributed by atoms with Crippen LogP contribution < -0.4 is 5.73 Å². The van der Waals surface area contributed by atoms with E-state index in [0.717, 1.165) is 19.9 Å². The number of aromatic nitrogens is 1. The van der Waals surface area contributed by atoms with Crippen LogP contribution in [0.3, 0.4) is 0 Å². The van der Waals surface area contributed by atoms with Crippen LogP contribution in [0.15, 0.2) is 22.0 Å². The first-order valence-corrected chi connectivity index (χ1v) is 6.15. The summed E-state index contributed by atoms with van der Waals surface area (Å²) in [6.07, 6.45) is 0. The molecule has 5 heteroatoms. The Balaban J connectivity index is 2.69. The van der Waals surface area contributed by atoms with Crippen LogP contribution in [0.2, 0.25) is 0 Å². The topological polar surface area (TPSA) is 62.7 Å². The molecule has 0 bridgehead atoms. The minimum absolute atomic E-state index is 0.294. The van der Waals surface area contributed by atoms with Gasteiger partial charge in [-0.2, -0.15) is 5.26 Å². The van der Waals surface area contributed by atoms with Crippen molar-refractivity contribution < 1.29 is 0 Å². The zero-order valence-corrected chi connectivity index (χ0v) is 10.9. The van der Waals surface area contributed by atoms with Crippen molar-refractivity contribution in [2.75, 3.05) is 5.73 Å². The van der Waals surface area contributed by atoms with Crippen LogP contribution in [0.1, 0.15) is 11.3 Å². The van der Waals surface area contributed by atoms with Crippen LogP contribution in [0.25, 0.3) is 10.4 Å². The van der Waals surface area contributed by atoms with Crippen molar-refractivity contribution in [2.45, 2.75) is 6.92 Å². The molecule has 0 spiro atoms. The number of anilines is 1. The number of pyridine rings is 1. The average molecular weight is 294 g/mol. The van der Waals surface area contributed by atoms with E-state index in [-0.39, 0.29) is 0 Å². The number of nitrogen functional groups attached to an aromatic ring is 1. The van der Waals surface area contributed by atoms with Crippen molar-refractivity contribution in [3.05, 3.63) is 33.2 Å². The van der Waals surface area contributed by atoms with Gasteiger partial charge in [0.2, 0.25) is 0 Å². The number of nitriles is 1. The molecule has 2 N–H and O–H groups in total. The molecule has 0 amide bonds. The zero-order valence-electron chi connectivity index (χ0n) is 8.49. The van der Waals surface area contributed by atoms with Gasteiger partial charge in [0.05, 0.1) is 3.79 Å². The number of nitrogens with zero attached hydrogens (tertiary/aromatic N) is 2. The minimum atomic E-state index is 0.294. The smallest absolute Gasteiger partial charge is 0.142 e. The van der Waals surface area contributed by atoms with E-state index < -0.39 is 0 Å². The number of rotatable bonds is 1. The molecule has 2 aromatic rings. The van der Waals surface area contributed by atoms with Gasteiger partial charge in [-0.15, -0.1) is 11.3 Å². The number of hydrogen-bond acceptors (Lipinski definition) is 4. The molecule has 0 aliphatic rings. The minimum Gasteiger partial charge on any atom is -0.383 e. The quantitative estimate of drug-likeness (QED) is 0.877. The third-order valence-electron chi connectivity index (χ3n) is 2.13. The Morgan fingerprint density at radius 1 is 1.50 bits per heavy atom. The lowest BCUT2D eigenvalue weighted by molar-refractivity contribution is 1.20. The van der Waals surface area contributed by atoms with Crippen molar-refractivity contribution in [3.63, 3.8) is 0 Å². The van der Waals surface area contributed by atoms with Crippen molar-refractivity contribution in [1.29, 1.82) is 5.26 Å². The van der Waals surface area contributed by atoms with Gasteiger partial charge in [-0.1, -0.05) is 0 Å². The van der Waals surface area contributed by atoms with Crippen LogP contribution in [0.4, 0.5) is 5.82 Å². The summed E-state index contributed by atoms with van der Waals surface area (Å²) >= 11 is 4.97. The number of aryl methyl sites for hydroxylation is 1. The van der Waals surface area contributed by atoms with E-state index in [4.69, 9.17) is 11.0 Å². The van der Waals surface area contributed by atoms with Gasteiger partial charge in [0.15, 0.2) is 0 Å². The molecule has 0 saturated carbocycles. The summed E-state index contributed by atoms with van der Waals surface area (Å²) in [4.78, 5) is 5.10. The highest BCUT2D eigenvalue weighted by atomic mass is 79.9. The molecule has 16 heavy (non-hydrogen) atoms. The van der Waals surface area contributed by atoms with Gasteiger partial charge < -0.3 is 5.73 Å². The summed E-state index contributed by atoms with van der Waals surface area (Å²) in [5.41, 5.74) is 7.85. The van der Waals surface area contributed by atoms with E-state index in [0.29, 0.717) is 11.4 Å². The molecule has 0 fully saturated rings. The molecule has 0 unspecified atom stereocenters. The Bertz CT molecular complexity index is 583. The van der Waals surface area contributed by atoms with E-state index >= 15 is 0 Å². The third kappa shape index (κ3) is 1.94. The molecule has 2 heterocycles. The third-order valence-corrected chi connectivity index (χ3v) is 3.78. The van der Waals surface area contributed by atoms with Crippen LogP contribution >= 0.6 is 27.3 Å². The molecular weight excluding hydrogens is 286 g/mol. The number of nitrogens with two attached hydrogens (primary N) is 1. The van der Waals surface area contributed by atoms with Crippen molar-refractivity contribution in [1.82, 2.24) is 4.98 Å². The maximum absolute atomic E-state index is 9.08. The second-order valence-corrected chi connectivity index (χ2v) is 5.75. The first-order valence-electron chi connectivity index (χ1n) is 4.54. The normalized spacial score (nSPS) is 10.1. The Kier molecular flexibility index (Phi) is 2.95. The Morgan fingerprint density at radius 2 is 2.25 bits per heavy atom. The van der Waals surface area contributed by atoms with Gasteiger partial charge in [-0.25, -0.2) is 4.98 Å². The number of halogens is 1. The SMILES string of the molecule is Cc1cc(-c2ccc(Br)s2)c(C#N)c(N)n1. The summed E-state index contributed by atoms with van der Waals surface area (Å²) in [6.45, 7) is 1.86. The van der Waals surface area contributed by atoms with Crippen LogP contribution in [-0.4, -0.2) is 4.98 Å². The predicted molar refractivity (Wildman–Crippen MR) is 69.1 cm³/mol. The molecule has 2 rings (SSSR count). The van der Waals surface area contributed by atoms with Gasteiger partial charge >= 0.3 is 0 Å². The molecule has 0 aliphatic heterocycles. The van der Waals surface area contributed by atoms with Gasteiger partial charge in [-0.05, 0) is 41.1 Å². The number of hydrogen-bond donors (Lipinski definition) is 1. The number of thiophene rings is 1. The fourth-order valence-corrected chi connectivity index (χ4v) is 2.88. The lowest BCUT2D eigenvalue weighted by atomic mass is 10.1. The maximum Gasteiger partial charge on any atom is 0.142 e. The summed E-state index contributed by atoms with van der Waals surface area (Å²) in [7, 11) is 0. The largest absolute Gasteiger partial charge is 0.383 e. The van der Waals surface area contributed by atoms with Gasteiger partial charge in [-0.3, -0.25) is 0 Å². The van der Waals surface area contributed by atoms with E-state index in [1.807, 2.05) is 25.1 Å². The highest BCUT2D eigenvalue weighted by molar-refractivity contribution is 9.11. The fourth-order valence-electron chi connectivity index (χ4n) is 1.47. The van der Waals surface area contributed by atoms with Crippen molar-refractivity contribution in [3.8, 4) is 16.5 Å². The summed E-state index contributed by atoms with van der Waals surface area (Å²) < 4.78 is 1.03. The highest BCUT2D eigenvalue weighted by Gasteiger charge is 2.12. The van der Waals surface area contributed by atoms with E-state index in [2.05, 4.69) is 27.0 Å². The fraction of sp³-hybridized carbons (Fsp3) is 0.0909. The van der Waals surface area contributed by atoms with Crippen LogP contribution in [-0.2, 0) is 0 Å². The molecule has 0 aliphatic carbocycles. The highest BCUT2D eigenvalue weighted by Crippen LogP contribution is 2.34. The first kappa shape index (κ1) is 11.1. The van der Waals surface area contributed by atoms with Crippen LogP contribution in [0, 0.1) is 18.3 Å². The van der Waals surface area contributed by atoms with Crippen molar-refractivity contribution >= 4 is 33.1 Å². The Hall–Kier alpha value is -1.38. The lowest BCUT2D eigenvalue weighted by Crippen LogP contribution is -1.98. The second-order valence-electron chi connectivity index (χ2n) is 3.29. The molecule has 0 radical (unpaired) electrons. The van der Waals surface area contributed by atoms with Gasteiger partial charge in [0, 0.05) is 16.1 Å². The average Bonchev–Trinajstić information content (AvgIpc) is 2.63. The van der Waals surface area contributed by atoms with E-state index in [1.54, 1.807) is 11.3 Å². The van der Waals surface area contributed by atoms with E-state index in [9.17, 15) is 0 Å². The Morgan fingerprint density at radius 3 is 2.81 bits per heavy atom. The molecule has 0 aromatic carbocycles. The van der Waals surface area contributed by atoms with Crippen LogP contribution in [0.5, 0.6) is 0 Å². The predicted octanol–water partition coefficient (Wildman–Crippen LogP) is 3.33. The Labute approximate surface area is 106 Å². The molecule has 0 atom stereocenters. The molecule has 80 valence electrons. The molecule has 2 aromatic heterocycles. The van der Waals surface area contributed by atoms with Crippen molar-refractivity contribution in [2.24, 2.45) is 0 Å². The van der Waals surface area contributed by atoms with E-state index in [1.165, 1.54) is 0 Å². The maximum atomic E-state index is 9.08. The lowest BCUT2D eigenvalue weighted by Gasteiger charge is -2.05. The molecule has 3 nitrogen and oxygen atoms in total. The summed E-state index contributed by atoms with van der Waals surface area (Å²) in [6, 6.07) is 7.90. The van der Waals surface area contributed by atoms with Gasteiger partial charge in [0.25, 0.3) is 0 Å².